The topological polar surface area (TPSA) is 117 Å². The molecule has 316 valence electrons. The first-order valence-electron chi connectivity index (χ1n) is 22.7. The number of carbonyl (C=O) groups is 1. The van der Waals surface area contributed by atoms with Gasteiger partial charge in [-0.2, -0.15) is 0 Å². The zero-order valence-electron chi connectivity index (χ0n) is 35.0. The Balaban J connectivity index is 3.98. The number of ether oxygens (including phenoxy) is 2. The van der Waals surface area contributed by atoms with E-state index in [9.17, 15) is 14.3 Å². The Hall–Kier alpha value is -0.760. The molecule has 0 aromatic carbocycles. The molecule has 0 amide bonds. The van der Waals surface area contributed by atoms with Crippen LogP contribution in [0, 0.1) is 0 Å². The van der Waals surface area contributed by atoms with Gasteiger partial charge in [-0.3, -0.25) is 13.8 Å². The minimum Gasteiger partial charge on any atom is -0.457 e. The van der Waals surface area contributed by atoms with E-state index in [-0.39, 0.29) is 32.3 Å². The van der Waals surface area contributed by atoms with Crippen LogP contribution in [-0.4, -0.2) is 49.9 Å². The fraction of sp³-hybridized carbons (Fsp3) is 0.932. The van der Waals surface area contributed by atoms with E-state index in [1.165, 1.54) is 161 Å². The van der Waals surface area contributed by atoms with Gasteiger partial charge < -0.3 is 20.1 Å². The van der Waals surface area contributed by atoms with Crippen molar-refractivity contribution in [1.29, 1.82) is 0 Å². The number of esters is 1. The second-order valence-electron chi connectivity index (χ2n) is 15.3. The lowest BCUT2D eigenvalue weighted by molar-refractivity contribution is -0.154. The number of carbonyl (C=O) groups excluding carboxylic acids is 1. The van der Waals surface area contributed by atoms with Crippen molar-refractivity contribution in [1.82, 2.24) is 0 Å². The van der Waals surface area contributed by atoms with Crippen molar-refractivity contribution in [2.75, 3.05) is 33.0 Å². The zero-order valence-corrected chi connectivity index (χ0v) is 35.9. The predicted octanol–water partition coefficient (Wildman–Crippen LogP) is 13.5. The standard InChI is InChI=1S/C44H88NO7P/c1-3-5-7-9-11-13-15-17-19-21-22-24-26-28-30-32-34-36-39-49-41-43(42-51-53(47,48)50-40-38-45)52-44(46)37-35-33-31-29-27-25-23-20-18-16-14-12-10-8-6-4-2/h20,23,43H,3-19,21-22,24-42,45H2,1-2H3,(H,47,48)/b23-20-/t43-/m1/s1. The van der Waals surface area contributed by atoms with Crippen molar-refractivity contribution in [2.45, 2.75) is 232 Å². The molecule has 0 saturated carbocycles. The van der Waals surface area contributed by atoms with Crippen LogP contribution in [0.2, 0.25) is 0 Å². The van der Waals surface area contributed by atoms with Crippen molar-refractivity contribution in [2.24, 2.45) is 5.73 Å². The summed E-state index contributed by atoms with van der Waals surface area (Å²) >= 11 is 0. The Kier molecular flexibility index (Phi) is 41.8. The average molecular weight is 774 g/mol. The van der Waals surface area contributed by atoms with E-state index in [1.54, 1.807) is 0 Å². The molecule has 0 saturated heterocycles. The number of hydrogen-bond donors (Lipinski definition) is 2. The van der Waals surface area contributed by atoms with Gasteiger partial charge in [-0.15, -0.1) is 0 Å². The van der Waals surface area contributed by atoms with Crippen molar-refractivity contribution < 1.29 is 32.8 Å². The maximum absolute atomic E-state index is 12.6. The van der Waals surface area contributed by atoms with E-state index in [2.05, 4.69) is 26.0 Å². The Bertz CT molecular complexity index is 828. The van der Waals surface area contributed by atoms with Crippen LogP contribution in [0.3, 0.4) is 0 Å². The smallest absolute Gasteiger partial charge is 0.457 e. The van der Waals surface area contributed by atoms with E-state index in [4.69, 9.17) is 24.3 Å². The van der Waals surface area contributed by atoms with Crippen LogP contribution in [0.1, 0.15) is 226 Å². The lowest BCUT2D eigenvalue weighted by atomic mass is 10.0. The third-order valence-corrected chi connectivity index (χ3v) is 10.9. The molecule has 0 aromatic heterocycles. The quantitative estimate of drug-likeness (QED) is 0.0272. The van der Waals surface area contributed by atoms with Crippen LogP contribution >= 0.6 is 7.82 Å². The number of rotatable bonds is 44. The molecule has 0 aliphatic carbocycles. The molecular weight excluding hydrogens is 685 g/mol. The Morgan fingerprint density at radius 2 is 0.943 bits per heavy atom. The Labute approximate surface area is 328 Å². The number of phosphoric ester groups is 1. The normalized spacial score (nSPS) is 13.5. The second kappa shape index (κ2) is 42.4. The molecule has 9 heteroatoms. The van der Waals surface area contributed by atoms with Crippen LogP contribution in [0.5, 0.6) is 0 Å². The summed E-state index contributed by atoms with van der Waals surface area (Å²) < 4.78 is 33.5. The second-order valence-corrected chi connectivity index (χ2v) is 16.7. The van der Waals surface area contributed by atoms with Gasteiger partial charge in [0.1, 0.15) is 6.10 Å². The summed E-state index contributed by atoms with van der Waals surface area (Å²) in [6, 6.07) is 0. The van der Waals surface area contributed by atoms with Gasteiger partial charge in [0.05, 0.1) is 19.8 Å². The van der Waals surface area contributed by atoms with E-state index >= 15 is 0 Å². The molecule has 0 radical (unpaired) electrons. The van der Waals surface area contributed by atoms with Crippen LogP contribution in [0.4, 0.5) is 0 Å². The largest absolute Gasteiger partial charge is 0.472 e. The Morgan fingerprint density at radius 3 is 1.38 bits per heavy atom. The van der Waals surface area contributed by atoms with Crippen LogP contribution in [0.15, 0.2) is 12.2 Å². The monoisotopic (exact) mass is 774 g/mol. The maximum Gasteiger partial charge on any atom is 0.472 e. The number of unbranched alkanes of at least 4 members (excludes halogenated alkanes) is 29. The molecule has 3 N–H and O–H groups in total. The molecule has 0 bridgehead atoms. The summed E-state index contributed by atoms with van der Waals surface area (Å²) in [6.45, 7) is 4.96. The third-order valence-electron chi connectivity index (χ3n) is 9.93. The number of nitrogens with two attached hydrogens (primary N) is 1. The fourth-order valence-corrected chi connectivity index (χ4v) is 7.35. The average Bonchev–Trinajstić information content (AvgIpc) is 3.15. The minimum absolute atomic E-state index is 0.0936. The minimum atomic E-state index is -4.27. The van der Waals surface area contributed by atoms with Crippen molar-refractivity contribution in [3.05, 3.63) is 12.2 Å². The van der Waals surface area contributed by atoms with Crippen LogP contribution in [-0.2, 0) is 27.9 Å². The number of phosphoric acid groups is 1. The van der Waals surface area contributed by atoms with Gasteiger partial charge in [-0.1, -0.05) is 193 Å². The predicted molar refractivity (Wildman–Crippen MR) is 224 cm³/mol. The molecule has 1 unspecified atom stereocenters. The fourth-order valence-electron chi connectivity index (χ4n) is 6.58. The molecule has 0 aliphatic heterocycles. The molecule has 0 aliphatic rings. The third kappa shape index (κ3) is 42.2. The molecule has 0 aromatic rings. The molecule has 2 atom stereocenters. The van der Waals surface area contributed by atoms with E-state index < -0.39 is 13.9 Å². The van der Waals surface area contributed by atoms with Crippen molar-refractivity contribution >= 4 is 13.8 Å². The van der Waals surface area contributed by atoms with Gasteiger partial charge in [-0.25, -0.2) is 4.57 Å². The van der Waals surface area contributed by atoms with Crippen molar-refractivity contribution in [3.63, 3.8) is 0 Å². The molecule has 0 fully saturated rings. The first-order chi connectivity index (χ1) is 25.9. The Morgan fingerprint density at radius 1 is 0.547 bits per heavy atom. The molecule has 0 spiro atoms. The molecule has 0 heterocycles. The highest BCUT2D eigenvalue weighted by molar-refractivity contribution is 7.47. The summed E-state index contributed by atoms with van der Waals surface area (Å²) in [6.07, 6.45) is 45.1. The SMILES string of the molecule is CCCCCCCCC/C=C\CCCCCCCC(=O)O[C@H](COCCCCCCCCCCCCCCCCCCCC)COP(=O)(O)OCCN. The van der Waals surface area contributed by atoms with Crippen LogP contribution in [0.25, 0.3) is 0 Å². The van der Waals surface area contributed by atoms with Gasteiger partial charge in [0.15, 0.2) is 0 Å². The molecular formula is C44H88NO7P. The van der Waals surface area contributed by atoms with Gasteiger partial charge in [0.25, 0.3) is 0 Å². The summed E-state index contributed by atoms with van der Waals surface area (Å²) in [4.78, 5) is 22.5. The maximum atomic E-state index is 12.6. The lowest BCUT2D eigenvalue weighted by Gasteiger charge is -2.20. The van der Waals surface area contributed by atoms with E-state index in [1.807, 2.05) is 0 Å². The first-order valence-corrected chi connectivity index (χ1v) is 24.2. The summed E-state index contributed by atoms with van der Waals surface area (Å²) in [5.41, 5.74) is 5.37. The van der Waals surface area contributed by atoms with Gasteiger partial charge in [0.2, 0.25) is 0 Å². The number of hydrogen-bond acceptors (Lipinski definition) is 7. The van der Waals surface area contributed by atoms with E-state index in [0.717, 1.165) is 44.9 Å². The van der Waals surface area contributed by atoms with Gasteiger partial charge in [-0.05, 0) is 38.5 Å². The molecule has 8 nitrogen and oxygen atoms in total. The zero-order chi connectivity index (χ0) is 38.8. The lowest BCUT2D eigenvalue weighted by Crippen LogP contribution is -2.28. The van der Waals surface area contributed by atoms with E-state index in [0.29, 0.717) is 13.0 Å². The molecule has 0 rings (SSSR count). The summed E-state index contributed by atoms with van der Waals surface area (Å²) in [5, 5.41) is 0. The highest BCUT2D eigenvalue weighted by atomic mass is 31.2. The van der Waals surface area contributed by atoms with Crippen molar-refractivity contribution in [3.8, 4) is 0 Å². The summed E-state index contributed by atoms with van der Waals surface area (Å²) in [5.74, 6) is -0.334. The summed E-state index contributed by atoms with van der Waals surface area (Å²) in [7, 11) is -4.27. The molecule has 53 heavy (non-hydrogen) atoms. The van der Waals surface area contributed by atoms with Gasteiger partial charge in [0, 0.05) is 19.6 Å². The highest BCUT2D eigenvalue weighted by Gasteiger charge is 2.25. The number of allylic oxidation sites excluding steroid dienone is 2. The first kappa shape index (κ1) is 52.2. The highest BCUT2D eigenvalue weighted by Crippen LogP contribution is 2.43. The van der Waals surface area contributed by atoms with Crippen LogP contribution < -0.4 is 5.73 Å². The van der Waals surface area contributed by atoms with Gasteiger partial charge >= 0.3 is 13.8 Å².